The van der Waals surface area contributed by atoms with Crippen molar-refractivity contribution in [2.45, 2.75) is 18.8 Å². The van der Waals surface area contributed by atoms with Crippen LogP contribution in [0.25, 0.3) is 22.4 Å². The fraction of sp³-hybridized carbons (Fsp3) is 0.333. The van der Waals surface area contributed by atoms with E-state index in [0.29, 0.717) is 48.5 Å². The molecule has 0 saturated carbocycles. The Hall–Kier alpha value is -4.10. The Labute approximate surface area is 237 Å². The largest absolute Gasteiger partial charge is 0.573 e. The molecule has 0 radical (unpaired) electrons. The number of carbonyl (C=O) groups excluding carboxylic acids is 3. The number of hydrogen-bond donors (Lipinski definition) is 2. The lowest BCUT2D eigenvalue weighted by molar-refractivity contribution is -0.274. The molecule has 41 heavy (non-hydrogen) atoms. The number of H-pyrrole nitrogens is 1. The second-order valence-corrected chi connectivity index (χ2v) is 9.67. The molecule has 218 valence electrons. The Kier molecular flexibility index (Phi) is 9.18. The molecule has 1 aromatic heterocycles. The predicted molar refractivity (Wildman–Crippen MR) is 141 cm³/mol. The van der Waals surface area contributed by atoms with Crippen LogP contribution in [0, 0.1) is 5.92 Å². The van der Waals surface area contributed by atoms with Crippen LogP contribution in [0.2, 0.25) is 5.02 Å². The Bertz CT molecular complexity index is 1410. The molecule has 2 aromatic carbocycles. The van der Waals surface area contributed by atoms with Crippen LogP contribution >= 0.6 is 11.6 Å². The standard InChI is InChI=1S/C27H26ClF3N4O6/c1-39-14-15-7-22(35(12-15)24(37)11-33-26(38)40-2)25-32-10-21(34-25)17-5-3-16(4-6-17)19-9-20(28)18(13-36)8-23(19)41-27(29,30)31/h3-6,8-10,13,15,22H,7,11-12,14H2,1-2H3,(H,32,34)(H,33,38). The van der Waals surface area contributed by atoms with Gasteiger partial charge in [-0.15, -0.1) is 13.2 Å². The average molecular weight is 595 g/mol. The van der Waals surface area contributed by atoms with Crippen molar-refractivity contribution in [2.24, 2.45) is 5.92 Å². The minimum absolute atomic E-state index is 0.0176. The maximum atomic E-state index is 13.0. The number of ether oxygens (including phenoxy) is 3. The molecule has 0 spiro atoms. The highest BCUT2D eigenvalue weighted by atomic mass is 35.5. The third-order valence-electron chi connectivity index (χ3n) is 6.55. The number of hydrogen-bond acceptors (Lipinski definition) is 7. The number of nitrogens with one attached hydrogen (secondary N) is 2. The van der Waals surface area contributed by atoms with E-state index in [4.69, 9.17) is 16.3 Å². The van der Waals surface area contributed by atoms with Crippen LogP contribution in [0.1, 0.15) is 28.6 Å². The van der Waals surface area contributed by atoms with E-state index < -0.39 is 24.2 Å². The maximum Gasteiger partial charge on any atom is 0.573 e. The van der Waals surface area contributed by atoms with E-state index in [1.54, 1.807) is 42.5 Å². The van der Waals surface area contributed by atoms with Gasteiger partial charge >= 0.3 is 12.5 Å². The fourth-order valence-corrected chi connectivity index (χ4v) is 4.92. The summed E-state index contributed by atoms with van der Waals surface area (Å²) in [4.78, 5) is 44.8. The van der Waals surface area contributed by atoms with Gasteiger partial charge in [0.1, 0.15) is 18.1 Å². The van der Waals surface area contributed by atoms with Crippen molar-refractivity contribution in [1.82, 2.24) is 20.2 Å². The van der Waals surface area contributed by atoms with Crippen molar-refractivity contribution in [2.75, 3.05) is 33.9 Å². The number of methoxy groups -OCH3 is 2. The molecule has 1 aliphatic heterocycles. The summed E-state index contributed by atoms with van der Waals surface area (Å²) in [6, 6.07) is 8.32. The van der Waals surface area contributed by atoms with Gasteiger partial charge in [0.2, 0.25) is 5.91 Å². The number of imidazole rings is 1. The fourth-order valence-electron chi connectivity index (χ4n) is 4.71. The molecule has 2 amide bonds. The first-order chi connectivity index (χ1) is 19.5. The Morgan fingerprint density at radius 2 is 1.90 bits per heavy atom. The molecular formula is C27H26ClF3N4O6. The highest BCUT2D eigenvalue weighted by Gasteiger charge is 2.38. The van der Waals surface area contributed by atoms with Gasteiger partial charge in [-0.2, -0.15) is 0 Å². The number of rotatable bonds is 9. The number of aromatic nitrogens is 2. The van der Waals surface area contributed by atoms with Gasteiger partial charge in [-0.25, -0.2) is 9.78 Å². The number of aromatic amines is 1. The van der Waals surface area contributed by atoms with Gasteiger partial charge in [0, 0.05) is 30.7 Å². The number of amides is 2. The number of nitrogens with zero attached hydrogens (tertiary/aromatic N) is 2. The van der Waals surface area contributed by atoms with Gasteiger partial charge in [0.25, 0.3) is 0 Å². The van der Waals surface area contributed by atoms with Gasteiger partial charge < -0.3 is 29.4 Å². The number of halogens is 4. The lowest BCUT2D eigenvalue weighted by Gasteiger charge is -2.23. The van der Waals surface area contributed by atoms with E-state index in [-0.39, 0.29) is 34.5 Å². The summed E-state index contributed by atoms with van der Waals surface area (Å²) in [6.07, 6.45) is -3.16. The molecule has 0 aliphatic carbocycles. The molecule has 0 bridgehead atoms. The van der Waals surface area contributed by atoms with Crippen LogP contribution < -0.4 is 10.1 Å². The molecule has 1 saturated heterocycles. The maximum absolute atomic E-state index is 13.0. The Balaban J connectivity index is 1.57. The molecule has 2 unspecified atom stereocenters. The second kappa shape index (κ2) is 12.6. The van der Waals surface area contributed by atoms with Crippen LogP contribution in [0.4, 0.5) is 18.0 Å². The summed E-state index contributed by atoms with van der Waals surface area (Å²) in [5, 5.41) is 2.38. The number of aldehydes is 1. The molecule has 1 aliphatic rings. The number of likely N-dealkylation sites (tertiary alicyclic amines) is 1. The van der Waals surface area contributed by atoms with E-state index in [1.807, 2.05) is 0 Å². The molecule has 2 atom stereocenters. The quantitative estimate of drug-likeness (QED) is 0.334. The minimum Gasteiger partial charge on any atom is -0.453 e. The van der Waals surface area contributed by atoms with Gasteiger partial charge in [0.15, 0.2) is 6.29 Å². The summed E-state index contributed by atoms with van der Waals surface area (Å²) in [7, 11) is 2.79. The smallest absolute Gasteiger partial charge is 0.453 e. The highest BCUT2D eigenvalue weighted by Crippen LogP contribution is 2.39. The van der Waals surface area contributed by atoms with Crippen molar-refractivity contribution in [3.05, 3.63) is 59.0 Å². The molecule has 4 rings (SSSR count). The molecule has 2 N–H and O–H groups in total. The third-order valence-corrected chi connectivity index (χ3v) is 6.88. The summed E-state index contributed by atoms with van der Waals surface area (Å²) in [5.41, 5.74) is 1.59. The Morgan fingerprint density at radius 3 is 2.54 bits per heavy atom. The molecule has 2 heterocycles. The number of carbonyl (C=O) groups is 3. The molecule has 14 heteroatoms. The van der Waals surface area contributed by atoms with Crippen LogP contribution in [-0.2, 0) is 14.3 Å². The summed E-state index contributed by atoms with van der Waals surface area (Å²) in [5.74, 6) is -0.270. The molecule has 3 aromatic rings. The van der Waals surface area contributed by atoms with Crippen LogP contribution in [0.5, 0.6) is 5.75 Å². The number of alkyl carbamates (subject to hydrolysis) is 1. The zero-order valence-electron chi connectivity index (χ0n) is 22.0. The predicted octanol–water partition coefficient (Wildman–Crippen LogP) is 5.00. The van der Waals surface area contributed by atoms with Gasteiger partial charge in [-0.3, -0.25) is 9.59 Å². The lowest BCUT2D eigenvalue weighted by atomic mass is 10.0. The van der Waals surface area contributed by atoms with Crippen molar-refractivity contribution in [3.8, 4) is 28.1 Å². The van der Waals surface area contributed by atoms with E-state index >= 15 is 0 Å². The normalized spacial score (nSPS) is 16.9. The van der Waals surface area contributed by atoms with Crippen LogP contribution in [0.3, 0.4) is 0 Å². The first-order valence-electron chi connectivity index (χ1n) is 12.3. The number of benzene rings is 2. The van der Waals surface area contributed by atoms with E-state index in [1.165, 1.54) is 13.2 Å². The van der Waals surface area contributed by atoms with Gasteiger partial charge in [-0.1, -0.05) is 35.9 Å². The zero-order valence-corrected chi connectivity index (χ0v) is 22.7. The van der Waals surface area contributed by atoms with E-state index in [0.717, 1.165) is 6.07 Å². The molecular weight excluding hydrogens is 569 g/mol. The molecule has 1 fully saturated rings. The van der Waals surface area contributed by atoms with Crippen LogP contribution in [0.15, 0.2) is 42.6 Å². The van der Waals surface area contributed by atoms with E-state index in [9.17, 15) is 27.6 Å². The lowest BCUT2D eigenvalue weighted by Crippen LogP contribution is -2.40. The Morgan fingerprint density at radius 1 is 1.20 bits per heavy atom. The summed E-state index contributed by atoms with van der Waals surface area (Å²) >= 11 is 6.08. The highest BCUT2D eigenvalue weighted by molar-refractivity contribution is 6.33. The van der Waals surface area contributed by atoms with Crippen molar-refractivity contribution in [1.29, 1.82) is 0 Å². The average Bonchev–Trinajstić information content (AvgIpc) is 3.59. The van der Waals surface area contributed by atoms with E-state index in [2.05, 4.69) is 24.8 Å². The minimum atomic E-state index is -4.97. The van der Waals surface area contributed by atoms with Crippen molar-refractivity contribution >= 4 is 29.9 Å². The SMILES string of the molecule is COCC1CC(c2ncc(-c3ccc(-c4cc(Cl)c(C=O)cc4OC(F)(F)F)cc3)[nH]2)N(C(=O)CNC(=O)OC)C1. The summed E-state index contributed by atoms with van der Waals surface area (Å²) < 4.78 is 53.0. The third kappa shape index (κ3) is 7.16. The van der Waals surface area contributed by atoms with Gasteiger partial charge in [0.05, 0.1) is 36.7 Å². The van der Waals surface area contributed by atoms with Crippen LogP contribution in [-0.4, -0.2) is 73.4 Å². The van der Waals surface area contributed by atoms with Gasteiger partial charge in [-0.05, 0) is 29.7 Å². The first-order valence-corrected chi connectivity index (χ1v) is 12.7. The topological polar surface area (TPSA) is 123 Å². The number of alkyl halides is 3. The molecule has 10 nitrogen and oxygen atoms in total. The second-order valence-electron chi connectivity index (χ2n) is 9.26. The first kappa shape index (κ1) is 29.9. The van der Waals surface area contributed by atoms with Crippen molar-refractivity contribution < 1.29 is 41.8 Å². The zero-order chi connectivity index (χ0) is 29.7. The summed E-state index contributed by atoms with van der Waals surface area (Å²) in [6.45, 7) is 0.617. The monoisotopic (exact) mass is 594 g/mol. The van der Waals surface area contributed by atoms with Crippen molar-refractivity contribution in [3.63, 3.8) is 0 Å².